The zero-order valence-electron chi connectivity index (χ0n) is 16.5. The molecular weight excluding hydrogens is 383 g/mol. The van der Waals surface area contributed by atoms with E-state index in [0.29, 0.717) is 56.4 Å². The third kappa shape index (κ3) is 4.82. The third-order valence-electron chi connectivity index (χ3n) is 5.50. The van der Waals surface area contributed by atoms with Crippen LogP contribution in [0, 0.1) is 11.7 Å². The van der Waals surface area contributed by atoms with Gasteiger partial charge in [-0.05, 0) is 18.1 Å². The number of carbonyl (C=O) groups excluding carboxylic acids is 2. The van der Waals surface area contributed by atoms with Crippen LogP contribution in [0.5, 0.6) is 0 Å². The van der Waals surface area contributed by atoms with Crippen molar-refractivity contribution in [2.45, 2.75) is 26.4 Å². The van der Waals surface area contributed by atoms with Crippen LogP contribution in [0.25, 0.3) is 0 Å². The summed E-state index contributed by atoms with van der Waals surface area (Å²) in [6.07, 6.45) is 0. The van der Waals surface area contributed by atoms with Gasteiger partial charge in [-0.1, -0.05) is 31.5 Å². The van der Waals surface area contributed by atoms with Crippen molar-refractivity contribution in [2.75, 3.05) is 45.8 Å². The highest BCUT2D eigenvalue weighted by Gasteiger charge is 2.34. The van der Waals surface area contributed by atoms with Crippen LogP contribution in [0.4, 0.5) is 4.39 Å². The molecule has 0 radical (unpaired) electrons. The zero-order chi connectivity index (χ0) is 20.3. The molecule has 1 atom stereocenters. The molecule has 1 unspecified atom stereocenters. The molecule has 0 aromatic heterocycles. The number of rotatable bonds is 5. The second kappa shape index (κ2) is 9.20. The van der Waals surface area contributed by atoms with Gasteiger partial charge in [0.25, 0.3) is 0 Å². The highest BCUT2D eigenvalue weighted by molar-refractivity contribution is 6.31. The zero-order valence-corrected chi connectivity index (χ0v) is 17.2. The Labute approximate surface area is 170 Å². The van der Waals surface area contributed by atoms with Crippen LogP contribution in [0.1, 0.15) is 19.4 Å². The van der Waals surface area contributed by atoms with Crippen LogP contribution in [0.3, 0.4) is 0 Å². The summed E-state index contributed by atoms with van der Waals surface area (Å²) in [4.78, 5) is 30.8. The SMILES string of the molecule is CC(C)C1C(=O)NCCN1CC(=O)N1CCN(Cc2c(F)cccc2Cl)CC1. The molecule has 0 saturated carbocycles. The predicted octanol–water partition coefficient (Wildman–Crippen LogP) is 1.58. The van der Waals surface area contributed by atoms with Gasteiger partial charge in [-0.2, -0.15) is 0 Å². The Kier molecular flexibility index (Phi) is 6.91. The average Bonchev–Trinajstić information content (AvgIpc) is 2.65. The first-order valence-corrected chi connectivity index (χ1v) is 10.2. The van der Waals surface area contributed by atoms with Gasteiger partial charge in [0, 0.05) is 56.4 Å². The maximum Gasteiger partial charge on any atom is 0.237 e. The van der Waals surface area contributed by atoms with Gasteiger partial charge < -0.3 is 10.2 Å². The van der Waals surface area contributed by atoms with E-state index in [1.807, 2.05) is 23.6 Å². The van der Waals surface area contributed by atoms with E-state index in [1.165, 1.54) is 6.07 Å². The number of carbonyl (C=O) groups is 2. The van der Waals surface area contributed by atoms with E-state index in [-0.39, 0.29) is 36.1 Å². The first kappa shape index (κ1) is 21.0. The summed E-state index contributed by atoms with van der Waals surface area (Å²) in [6.45, 7) is 8.49. The Morgan fingerprint density at radius 2 is 1.96 bits per heavy atom. The average molecular weight is 411 g/mol. The van der Waals surface area contributed by atoms with Crippen molar-refractivity contribution in [1.82, 2.24) is 20.0 Å². The molecule has 1 aromatic carbocycles. The molecule has 1 N–H and O–H groups in total. The van der Waals surface area contributed by atoms with Gasteiger partial charge in [0.15, 0.2) is 0 Å². The molecule has 0 spiro atoms. The molecule has 2 fully saturated rings. The number of amides is 2. The Bertz CT molecular complexity index is 702. The molecule has 28 heavy (non-hydrogen) atoms. The Hall–Kier alpha value is -1.70. The Morgan fingerprint density at radius 3 is 2.61 bits per heavy atom. The first-order chi connectivity index (χ1) is 13.4. The highest BCUT2D eigenvalue weighted by atomic mass is 35.5. The normalized spacial score (nSPS) is 21.8. The molecule has 2 heterocycles. The molecule has 2 amide bonds. The Balaban J connectivity index is 1.53. The molecule has 1 aromatic rings. The van der Waals surface area contributed by atoms with Crippen LogP contribution in [0.15, 0.2) is 18.2 Å². The fourth-order valence-electron chi connectivity index (χ4n) is 3.97. The number of benzene rings is 1. The van der Waals surface area contributed by atoms with Crippen LogP contribution >= 0.6 is 11.6 Å². The van der Waals surface area contributed by atoms with Crippen LogP contribution in [-0.4, -0.2) is 78.4 Å². The number of nitrogens with one attached hydrogen (secondary N) is 1. The maximum atomic E-state index is 14.0. The van der Waals surface area contributed by atoms with Gasteiger partial charge in [-0.3, -0.25) is 19.4 Å². The van der Waals surface area contributed by atoms with Gasteiger partial charge in [0.05, 0.1) is 12.6 Å². The van der Waals surface area contributed by atoms with E-state index >= 15 is 0 Å². The van der Waals surface area contributed by atoms with Crippen LogP contribution in [0.2, 0.25) is 5.02 Å². The molecule has 2 aliphatic rings. The van der Waals surface area contributed by atoms with E-state index in [1.54, 1.807) is 12.1 Å². The molecule has 2 saturated heterocycles. The molecule has 154 valence electrons. The summed E-state index contributed by atoms with van der Waals surface area (Å²) < 4.78 is 14.0. The molecule has 6 nitrogen and oxygen atoms in total. The standard InChI is InChI=1S/C20H28ClFN4O2/c1-14(2)19-20(28)23-6-7-26(19)13-18(27)25-10-8-24(9-11-25)12-15-16(21)4-3-5-17(15)22/h3-5,14,19H,6-13H2,1-2H3,(H,23,28). The summed E-state index contributed by atoms with van der Waals surface area (Å²) >= 11 is 6.12. The first-order valence-electron chi connectivity index (χ1n) is 9.81. The topological polar surface area (TPSA) is 55.9 Å². The van der Waals surface area contributed by atoms with Crippen molar-refractivity contribution in [3.05, 3.63) is 34.6 Å². The summed E-state index contributed by atoms with van der Waals surface area (Å²) in [5.74, 6) is -0.103. The number of piperazine rings is 2. The van der Waals surface area contributed by atoms with Gasteiger partial charge >= 0.3 is 0 Å². The van der Waals surface area contributed by atoms with Crippen LogP contribution < -0.4 is 5.32 Å². The van der Waals surface area contributed by atoms with Gasteiger partial charge in [0.2, 0.25) is 11.8 Å². The minimum absolute atomic E-state index is 0.000589. The van der Waals surface area contributed by atoms with E-state index in [0.717, 1.165) is 0 Å². The smallest absolute Gasteiger partial charge is 0.237 e. The van der Waals surface area contributed by atoms with Gasteiger partial charge in [-0.15, -0.1) is 0 Å². The summed E-state index contributed by atoms with van der Waals surface area (Å²) in [7, 11) is 0. The predicted molar refractivity (Wildman–Crippen MR) is 106 cm³/mol. The third-order valence-corrected chi connectivity index (χ3v) is 5.85. The lowest BCUT2D eigenvalue weighted by molar-refractivity contribution is -0.138. The van der Waals surface area contributed by atoms with Crippen molar-refractivity contribution in [3.8, 4) is 0 Å². The highest BCUT2D eigenvalue weighted by Crippen LogP contribution is 2.21. The second-order valence-electron chi connectivity index (χ2n) is 7.81. The van der Waals surface area contributed by atoms with Gasteiger partial charge in [-0.25, -0.2) is 4.39 Å². The molecule has 0 aliphatic carbocycles. The summed E-state index contributed by atoms with van der Waals surface area (Å²) in [5, 5.41) is 3.31. The Morgan fingerprint density at radius 1 is 1.25 bits per heavy atom. The molecular formula is C20H28ClFN4O2. The van der Waals surface area contributed by atoms with Crippen molar-refractivity contribution in [1.29, 1.82) is 0 Å². The number of halogens is 2. The summed E-state index contributed by atoms with van der Waals surface area (Å²) in [5.41, 5.74) is 0.503. The fourth-order valence-corrected chi connectivity index (χ4v) is 4.19. The monoisotopic (exact) mass is 410 g/mol. The lowest BCUT2D eigenvalue weighted by atomic mass is 9.99. The maximum absolute atomic E-state index is 14.0. The quantitative estimate of drug-likeness (QED) is 0.800. The van der Waals surface area contributed by atoms with E-state index < -0.39 is 0 Å². The van der Waals surface area contributed by atoms with Crippen molar-refractivity contribution in [3.63, 3.8) is 0 Å². The lowest BCUT2D eigenvalue weighted by Crippen LogP contribution is -2.60. The van der Waals surface area contributed by atoms with Crippen molar-refractivity contribution < 1.29 is 14.0 Å². The number of hydrogen-bond acceptors (Lipinski definition) is 4. The number of nitrogens with zero attached hydrogens (tertiary/aromatic N) is 3. The minimum atomic E-state index is -0.297. The van der Waals surface area contributed by atoms with Crippen LogP contribution in [-0.2, 0) is 16.1 Å². The second-order valence-corrected chi connectivity index (χ2v) is 8.21. The largest absolute Gasteiger partial charge is 0.353 e. The fraction of sp³-hybridized carbons (Fsp3) is 0.600. The molecule has 0 bridgehead atoms. The van der Waals surface area contributed by atoms with Gasteiger partial charge in [0.1, 0.15) is 5.82 Å². The minimum Gasteiger partial charge on any atom is -0.353 e. The summed E-state index contributed by atoms with van der Waals surface area (Å²) in [6, 6.07) is 4.45. The lowest BCUT2D eigenvalue weighted by Gasteiger charge is -2.39. The van der Waals surface area contributed by atoms with E-state index in [9.17, 15) is 14.0 Å². The molecule has 2 aliphatic heterocycles. The number of hydrogen-bond donors (Lipinski definition) is 1. The van der Waals surface area contributed by atoms with Crippen molar-refractivity contribution in [2.24, 2.45) is 5.92 Å². The van der Waals surface area contributed by atoms with Crippen molar-refractivity contribution >= 4 is 23.4 Å². The molecule has 8 heteroatoms. The van der Waals surface area contributed by atoms with E-state index in [2.05, 4.69) is 10.2 Å². The van der Waals surface area contributed by atoms with E-state index in [4.69, 9.17) is 11.6 Å². The molecule has 3 rings (SSSR count).